The molecule has 0 atom stereocenters. The molecule has 126 valence electrons. The van der Waals surface area contributed by atoms with Gasteiger partial charge in [-0.2, -0.15) is 0 Å². The molecule has 7 heteroatoms. The summed E-state index contributed by atoms with van der Waals surface area (Å²) >= 11 is 6.27. The Morgan fingerprint density at radius 1 is 1.17 bits per heavy atom. The first kappa shape index (κ1) is 16.8. The van der Waals surface area contributed by atoms with Crippen molar-refractivity contribution >= 4 is 22.8 Å². The Morgan fingerprint density at radius 3 is 2.58 bits per heavy atom. The topological polar surface area (TPSA) is 82.5 Å². The molecular formula is C17H21ClN6. The summed E-state index contributed by atoms with van der Waals surface area (Å²) in [7, 11) is 0. The first-order valence-corrected chi connectivity index (χ1v) is 8.32. The highest BCUT2D eigenvalue weighted by atomic mass is 35.5. The van der Waals surface area contributed by atoms with Crippen LogP contribution in [0.5, 0.6) is 0 Å². The predicted molar refractivity (Wildman–Crippen MR) is 95.1 cm³/mol. The number of nitrogens with two attached hydrogens (primary N) is 1. The Bertz CT molecular complexity index is 865. The van der Waals surface area contributed by atoms with E-state index < -0.39 is 0 Å². The van der Waals surface area contributed by atoms with Crippen molar-refractivity contribution in [3.05, 3.63) is 46.4 Å². The van der Waals surface area contributed by atoms with E-state index in [1.54, 1.807) is 4.68 Å². The SMILES string of the molecule is CC(C)(C)c1nc(CCN)c2nnn(Cc3ccccc3Cl)c2n1. The van der Waals surface area contributed by atoms with E-state index in [-0.39, 0.29) is 5.41 Å². The average molecular weight is 345 g/mol. The highest BCUT2D eigenvalue weighted by Gasteiger charge is 2.22. The molecule has 2 aromatic heterocycles. The first-order valence-electron chi connectivity index (χ1n) is 7.94. The molecule has 24 heavy (non-hydrogen) atoms. The van der Waals surface area contributed by atoms with Crippen LogP contribution in [-0.4, -0.2) is 31.5 Å². The standard InChI is InChI=1S/C17H21ClN6/c1-17(2,3)16-20-13(8-9-19)14-15(21-16)24(23-22-14)10-11-6-4-5-7-12(11)18/h4-7H,8-10,19H2,1-3H3. The van der Waals surface area contributed by atoms with Crippen LogP contribution >= 0.6 is 11.6 Å². The smallest absolute Gasteiger partial charge is 0.182 e. The lowest BCUT2D eigenvalue weighted by Crippen LogP contribution is -2.19. The van der Waals surface area contributed by atoms with Crippen LogP contribution in [0, 0.1) is 0 Å². The molecular weight excluding hydrogens is 324 g/mol. The van der Waals surface area contributed by atoms with Crippen LogP contribution in [0.25, 0.3) is 11.2 Å². The summed E-state index contributed by atoms with van der Waals surface area (Å²) in [5.41, 5.74) is 8.81. The average Bonchev–Trinajstić information content (AvgIpc) is 2.92. The van der Waals surface area contributed by atoms with Gasteiger partial charge in [-0.15, -0.1) is 5.10 Å². The van der Waals surface area contributed by atoms with Crippen molar-refractivity contribution in [1.82, 2.24) is 25.0 Å². The van der Waals surface area contributed by atoms with Gasteiger partial charge >= 0.3 is 0 Å². The minimum atomic E-state index is -0.170. The second-order valence-corrected chi connectivity index (χ2v) is 7.20. The molecule has 0 saturated carbocycles. The van der Waals surface area contributed by atoms with Crippen LogP contribution in [0.3, 0.4) is 0 Å². The van der Waals surface area contributed by atoms with E-state index >= 15 is 0 Å². The molecule has 0 aliphatic carbocycles. The molecule has 2 N–H and O–H groups in total. The number of hydrogen-bond donors (Lipinski definition) is 1. The summed E-state index contributed by atoms with van der Waals surface area (Å²) in [5, 5.41) is 9.24. The molecule has 3 aromatic rings. The molecule has 2 heterocycles. The molecule has 3 rings (SSSR count). The maximum Gasteiger partial charge on any atom is 0.182 e. The maximum absolute atomic E-state index is 6.27. The van der Waals surface area contributed by atoms with Gasteiger partial charge in [-0.25, -0.2) is 14.6 Å². The van der Waals surface area contributed by atoms with Gasteiger partial charge in [0.1, 0.15) is 5.82 Å². The lowest BCUT2D eigenvalue weighted by Gasteiger charge is -2.17. The van der Waals surface area contributed by atoms with Crippen molar-refractivity contribution in [2.24, 2.45) is 5.73 Å². The fourth-order valence-corrected chi connectivity index (χ4v) is 2.65. The van der Waals surface area contributed by atoms with Gasteiger partial charge in [0.15, 0.2) is 11.2 Å². The van der Waals surface area contributed by atoms with Gasteiger partial charge in [0.25, 0.3) is 0 Å². The van der Waals surface area contributed by atoms with Crippen molar-refractivity contribution in [3.63, 3.8) is 0 Å². The van der Waals surface area contributed by atoms with Gasteiger partial charge in [0.05, 0.1) is 12.2 Å². The highest BCUT2D eigenvalue weighted by Crippen LogP contribution is 2.23. The number of benzene rings is 1. The third-order valence-electron chi connectivity index (χ3n) is 3.76. The zero-order valence-electron chi connectivity index (χ0n) is 14.1. The number of rotatable bonds is 4. The number of nitrogens with zero attached hydrogens (tertiary/aromatic N) is 5. The molecule has 0 aliphatic rings. The van der Waals surface area contributed by atoms with Crippen molar-refractivity contribution in [2.75, 3.05) is 6.54 Å². The van der Waals surface area contributed by atoms with E-state index in [9.17, 15) is 0 Å². The second kappa shape index (κ2) is 6.45. The Hall–Kier alpha value is -2.05. The summed E-state index contributed by atoms with van der Waals surface area (Å²) in [6.45, 7) is 7.28. The number of hydrogen-bond acceptors (Lipinski definition) is 5. The fourth-order valence-electron chi connectivity index (χ4n) is 2.45. The number of halogens is 1. The number of fused-ring (bicyclic) bond motifs is 1. The molecule has 0 saturated heterocycles. The van der Waals surface area contributed by atoms with E-state index in [0.29, 0.717) is 30.0 Å². The molecule has 0 spiro atoms. The Morgan fingerprint density at radius 2 is 1.92 bits per heavy atom. The molecule has 0 fully saturated rings. The summed E-state index contributed by atoms with van der Waals surface area (Å²) in [6.07, 6.45) is 0.646. The van der Waals surface area contributed by atoms with Gasteiger partial charge in [0.2, 0.25) is 0 Å². The zero-order valence-corrected chi connectivity index (χ0v) is 14.9. The van der Waals surface area contributed by atoms with Crippen LogP contribution in [0.1, 0.15) is 37.9 Å². The number of aromatic nitrogens is 5. The molecule has 1 aromatic carbocycles. The molecule has 0 bridgehead atoms. The van der Waals surface area contributed by atoms with Crippen LogP contribution in [-0.2, 0) is 18.4 Å². The molecule has 0 amide bonds. The van der Waals surface area contributed by atoms with Crippen molar-refractivity contribution in [3.8, 4) is 0 Å². The summed E-state index contributed by atoms with van der Waals surface area (Å²) in [4.78, 5) is 9.38. The van der Waals surface area contributed by atoms with E-state index in [1.165, 1.54) is 0 Å². The monoisotopic (exact) mass is 344 g/mol. The van der Waals surface area contributed by atoms with Gasteiger partial charge in [0, 0.05) is 16.9 Å². The van der Waals surface area contributed by atoms with Gasteiger partial charge in [-0.3, -0.25) is 0 Å². The lowest BCUT2D eigenvalue weighted by atomic mass is 9.95. The van der Waals surface area contributed by atoms with Gasteiger partial charge in [-0.05, 0) is 18.2 Å². The highest BCUT2D eigenvalue weighted by molar-refractivity contribution is 6.31. The van der Waals surface area contributed by atoms with Crippen LogP contribution < -0.4 is 5.73 Å². The normalized spacial score (nSPS) is 12.0. The molecule has 6 nitrogen and oxygen atoms in total. The lowest BCUT2D eigenvalue weighted by molar-refractivity contribution is 0.542. The third-order valence-corrected chi connectivity index (χ3v) is 4.13. The summed E-state index contributed by atoms with van der Waals surface area (Å²) < 4.78 is 1.77. The molecule has 0 aliphatic heterocycles. The van der Waals surface area contributed by atoms with E-state index in [0.717, 1.165) is 22.7 Å². The van der Waals surface area contributed by atoms with E-state index in [1.807, 2.05) is 24.3 Å². The summed E-state index contributed by atoms with van der Waals surface area (Å²) in [5.74, 6) is 0.765. The van der Waals surface area contributed by atoms with Crippen LogP contribution in [0.4, 0.5) is 0 Å². The Kier molecular flexibility index (Phi) is 4.51. The minimum absolute atomic E-state index is 0.170. The van der Waals surface area contributed by atoms with E-state index in [4.69, 9.17) is 22.3 Å². The second-order valence-electron chi connectivity index (χ2n) is 6.79. The van der Waals surface area contributed by atoms with Crippen molar-refractivity contribution in [1.29, 1.82) is 0 Å². The zero-order chi connectivity index (χ0) is 17.3. The maximum atomic E-state index is 6.27. The molecule has 0 radical (unpaired) electrons. The Balaban J connectivity index is 2.13. The minimum Gasteiger partial charge on any atom is -0.330 e. The van der Waals surface area contributed by atoms with Crippen LogP contribution in [0.2, 0.25) is 5.02 Å². The predicted octanol–water partition coefficient (Wildman–Crippen LogP) is 2.72. The summed E-state index contributed by atoms with van der Waals surface area (Å²) in [6, 6.07) is 7.70. The Labute approximate surface area is 146 Å². The third kappa shape index (κ3) is 3.25. The first-order chi connectivity index (χ1) is 11.4. The van der Waals surface area contributed by atoms with Crippen molar-refractivity contribution in [2.45, 2.75) is 39.2 Å². The molecule has 0 unspecified atom stereocenters. The van der Waals surface area contributed by atoms with Crippen molar-refractivity contribution < 1.29 is 0 Å². The quantitative estimate of drug-likeness (QED) is 0.786. The fraction of sp³-hybridized carbons (Fsp3) is 0.412. The van der Waals surface area contributed by atoms with Crippen LogP contribution in [0.15, 0.2) is 24.3 Å². The largest absolute Gasteiger partial charge is 0.330 e. The van der Waals surface area contributed by atoms with Gasteiger partial charge < -0.3 is 5.73 Å². The van der Waals surface area contributed by atoms with E-state index in [2.05, 4.69) is 36.1 Å². The van der Waals surface area contributed by atoms with Gasteiger partial charge in [-0.1, -0.05) is 55.8 Å².